The highest BCUT2D eigenvalue weighted by molar-refractivity contribution is 6.26. The average molecular weight is 325 g/mol. The maximum Gasteiger partial charge on any atom is 0.345 e. The van der Waals surface area contributed by atoms with Crippen LogP contribution in [0, 0.1) is 0 Å². The van der Waals surface area contributed by atoms with Crippen LogP contribution in [-0.4, -0.2) is 44.8 Å². The normalized spacial score (nSPS) is 19.6. The number of nitrogens with zero attached hydrogens (tertiary/aromatic N) is 2. The number of carbonyl (C=O) groups is 2. The zero-order chi connectivity index (χ0) is 16.7. The third kappa shape index (κ3) is 2.25. The molecular weight excluding hydrogens is 310 g/mol. The molecule has 0 saturated carbocycles. The number of aromatic nitrogens is 2. The van der Waals surface area contributed by atoms with Crippen LogP contribution in [0.15, 0.2) is 41.7 Å². The van der Waals surface area contributed by atoms with E-state index in [2.05, 4.69) is 9.97 Å². The second-order valence-corrected chi connectivity index (χ2v) is 5.76. The van der Waals surface area contributed by atoms with Crippen LogP contribution in [0.1, 0.15) is 18.4 Å². The minimum Gasteiger partial charge on any atom is -0.477 e. The fourth-order valence-corrected chi connectivity index (χ4v) is 3.09. The summed E-state index contributed by atoms with van der Waals surface area (Å²) in [5.74, 6) is -1.66. The smallest absolute Gasteiger partial charge is 0.345 e. The highest BCUT2D eigenvalue weighted by Gasteiger charge is 2.39. The lowest BCUT2D eigenvalue weighted by Crippen LogP contribution is -2.21. The Labute approximate surface area is 137 Å². The summed E-state index contributed by atoms with van der Waals surface area (Å²) in [5.41, 5.74) is 1.14. The molecule has 7 heteroatoms. The van der Waals surface area contributed by atoms with Crippen LogP contribution in [0.5, 0.6) is 0 Å². The Morgan fingerprint density at radius 1 is 1.38 bits per heavy atom. The summed E-state index contributed by atoms with van der Waals surface area (Å²) in [5, 5.41) is 10.2. The summed E-state index contributed by atoms with van der Waals surface area (Å²) in [6.07, 6.45) is 6.87. The Hall–Kier alpha value is -3.09. The van der Waals surface area contributed by atoms with Crippen molar-refractivity contribution in [2.75, 3.05) is 13.1 Å². The number of pyridine rings is 1. The van der Waals surface area contributed by atoms with Crippen molar-refractivity contribution in [3.05, 3.63) is 47.3 Å². The van der Waals surface area contributed by atoms with Gasteiger partial charge in [0.05, 0.1) is 0 Å². The number of ketones is 1. The first kappa shape index (κ1) is 14.5. The monoisotopic (exact) mass is 325 g/mol. The van der Waals surface area contributed by atoms with Gasteiger partial charge in [-0.1, -0.05) is 0 Å². The topological polar surface area (TPSA) is 95.5 Å². The Morgan fingerprint density at radius 2 is 2.17 bits per heavy atom. The van der Waals surface area contributed by atoms with Crippen LogP contribution in [0.3, 0.4) is 0 Å². The fourth-order valence-electron chi connectivity index (χ4n) is 3.09. The number of hydrogen-bond donors (Lipinski definition) is 2. The number of rotatable bonds is 3. The molecule has 122 valence electrons. The van der Waals surface area contributed by atoms with Crippen molar-refractivity contribution in [3.8, 4) is 0 Å². The van der Waals surface area contributed by atoms with Gasteiger partial charge in [0, 0.05) is 36.4 Å². The van der Waals surface area contributed by atoms with Crippen LogP contribution in [-0.2, 0) is 14.3 Å². The van der Waals surface area contributed by atoms with Crippen molar-refractivity contribution in [2.45, 2.75) is 12.8 Å². The maximum atomic E-state index is 12.5. The third-order valence-electron chi connectivity index (χ3n) is 4.25. The molecule has 0 radical (unpaired) electrons. The molecule has 0 aromatic carbocycles. The zero-order valence-corrected chi connectivity index (χ0v) is 12.8. The van der Waals surface area contributed by atoms with E-state index in [0.717, 1.165) is 23.8 Å². The summed E-state index contributed by atoms with van der Waals surface area (Å²) in [6, 6.07) is 3.67. The number of aromatic amines is 1. The Balaban J connectivity index is 1.73. The summed E-state index contributed by atoms with van der Waals surface area (Å²) in [7, 11) is 0. The van der Waals surface area contributed by atoms with Gasteiger partial charge in [0.15, 0.2) is 11.3 Å². The average Bonchev–Trinajstić information content (AvgIpc) is 3.28. The minimum atomic E-state index is -1.26. The van der Waals surface area contributed by atoms with Crippen molar-refractivity contribution < 1.29 is 19.4 Å². The number of ether oxygens (including phenoxy) is 1. The van der Waals surface area contributed by atoms with Gasteiger partial charge in [-0.3, -0.25) is 4.79 Å². The number of H-pyrrole nitrogens is 1. The molecule has 1 saturated heterocycles. The Bertz CT molecular complexity index is 903. The van der Waals surface area contributed by atoms with Crippen LogP contribution in [0.4, 0.5) is 0 Å². The molecule has 2 N–H and O–H groups in total. The molecule has 2 aromatic rings. The summed E-state index contributed by atoms with van der Waals surface area (Å²) in [6.45, 7) is 1.40. The summed E-state index contributed by atoms with van der Waals surface area (Å²) < 4.78 is 5.66. The number of nitrogens with one attached hydrogen (secondary N) is 1. The van der Waals surface area contributed by atoms with Crippen LogP contribution in [0.2, 0.25) is 0 Å². The Morgan fingerprint density at radius 3 is 2.92 bits per heavy atom. The number of fused-ring (bicyclic) bond motifs is 1. The lowest BCUT2D eigenvalue weighted by atomic mass is 10.1. The van der Waals surface area contributed by atoms with Gasteiger partial charge in [0.25, 0.3) is 0 Å². The molecule has 0 unspecified atom stereocenters. The van der Waals surface area contributed by atoms with Crippen LogP contribution < -0.4 is 0 Å². The molecule has 0 atom stereocenters. The second kappa shape index (κ2) is 5.52. The van der Waals surface area contributed by atoms with Crippen molar-refractivity contribution >= 4 is 28.9 Å². The van der Waals surface area contributed by atoms with Gasteiger partial charge in [0.1, 0.15) is 5.65 Å². The number of likely N-dealkylation sites (tertiary alicyclic amines) is 1. The molecule has 2 aromatic heterocycles. The predicted molar refractivity (Wildman–Crippen MR) is 85.6 cm³/mol. The van der Waals surface area contributed by atoms with Gasteiger partial charge in [-0.05, 0) is 31.1 Å². The lowest BCUT2D eigenvalue weighted by molar-refractivity contribution is -0.134. The number of hydrogen-bond acceptors (Lipinski definition) is 5. The number of Topliss-reactive ketones (excluding diaryl/α,β-unsaturated/α-hetero) is 1. The number of aliphatic carboxylic acids is 1. The van der Waals surface area contributed by atoms with E-state index >= 15 is 0 Å². The first-order valence-electron chi connectivity index (χ1n) is 7.74. The van der Waals surface area contributed by atoms with Gasteiger partial charge in [0.2, 0.25) is 11.7 Å². The van der Waals surface area contributed by atoms with Gasteiger partial charge in [-0.25, -0.2) is 9.78 Å². The summed E-state index contributed by atoms with van der Waals surface area (Å²) in [4.78, 5) is 33.0. The molecule has 1 fully saturated rings. The van der Waals surface area contributed by atoms with Crippen molar-refractivity contribution in [3.63, 3.8) is 0 Å². The first-order chi connectivity index (χ1) is 11.6. The van der Waals surface area contributed by atoms with Crippen LogP contribution in [0.25, 0.3) is 17.1 Å². The second-order valence-electron chi connectivity index (χ2n) is 5.76. The van der Waals surface area contributed by atoms with E-state index in [-0.39, 0.29) is 17.2 Å². The predicted octanol–water partition coefficient (Wildman–Crippen LogP) is 1.90. The van der Waals surface area contributed by atoms with Crippen LogP contribution >= 0.6 is 0 Å². The number of carboxylic acid groups (broad SMARTS) is 1. The molecular formula is C17H15N3O4. The fraction of sp³-hybridized carbons (Fsp3) is 0.235. The van der Waals surface area contributed by atoms with E-state index in [1.54, 1.807) is 24.5 Å². The largest absolute Gasteiger partial charge is 0.477 e. The van der Waals surface area contributed by atoms with E-state index in [9.17, 15) is 14.7 Å². The SMILES string of the molecule is O=C(O)C1=C(N2CCCC2)O/C(=C\c2c[nH]c3ncccc23)C1=O. The van der Waals surface area contributed by atoms with Gasteiger partial charge in [-0.15, -0.1) is 0 Å². The standard InChI is InChI=1S/C17H15N3O4/c21-14-12(8-10-9-19-15-11(10)4-3-5-18-15)24-16(13(14)17(22)23)20-6-1-2-7-20/h3-5,8-9H,1-2,6-7H2,(H,18,19)(H,22,23)/b12-8-. The third-order valence-corrected chi connectivity index (χ3v) is 4.25. The quantitative estimate of drug-likeness (QED) is 0.661. The highest BCUT2D eigenvalue weighted by atomic mass is 16.5. The van der Waals surface area contributed by atoms with E-state index in [1.807, 2.05) is 11.0 Å². The molecule has 0 bridgehead atoms. The molecule has 2 aliphatic rings. The maximum absolute atomic E-state index is 12.5. The van der Waals surface area contributed by atoms with E-state index in [1.165, 1.54) is 0 Å². The molecule has 4 heterocycles. The van der Waals surface area contributed by atoms with Crippen molar-refractivity contribution in [1.82, 2.24) is 14.9 Å². The van der Waals surface area contributed by atoms with Gasteiger partial charge in [-0.2, -0.15) is 0 Å². The minimum absolute atomic E-state index is 0.0269. The lowest BCUT2D eigenvalue weighted by Gasteiger charge is -2.17. The van der Waals surface area contributed by atoms with Gasteiger partial charge < -0.3 is 19.7 Å². The molecule has 2 aliphatic heterocycles. The molecule has 0 amide bonds. The molecule has 7 nitrogen and oxygen atoms in total. The summed E-state index contributed by atoms with van der Waals surface area (Å²) >= 11 is 0. The molecule has 24 heavy (non-hydrogen) atoms. The van der Waals surface area contributed by atoms with E-state index in [4.69, 9.17) is 4.74 Å². The van der Waals surface area contributed by atoms with E-state index in [0.29, 0.717) is 18.7 Å². The number of carbonyl (C=O) groups excluding carboxylic acids is 1. The molecule has 4 rings (SSSR count). The van der Waals surface area contributed by atoms with Crippen molar-refractivity contribution in [2.24, 2.45) is 0 Å². The molecule has 0 aliphatic carbocycles. The molecule has 0 spiro atoms. The van der Waals surface area contributed by atoms with Crippen molar-refractivity contribution in [1.29, 1.82) is 0 Å². The number of carboxylic acids is 1. The Kier molecular flexibility index (Phi) is 3.34. The number of allylic oxidation sites excluding steroid dienone is 1. The van der Waals surface area contributed by atoms with E-state index < -0.39 is 11.8 Å². The van der Waals surface area contributed by atoms with Gasteiger partial charge >= 0.3 is 5.97 Å². The highest BCUT2D eigenvalue weighted by Crippen LogP contribution is 2.32. The zero-order valence-electron chi connectivity index (χ0n) is 12.8. The first-order valence-corrected chi connectivity index (χ1v) is 7.74.